The Bertz CT molecular complexity index is 588. The van der Waals surface area contributed by atoms with Crippen LogP contribution in [0.1, 0.15) is 76.0 Å². The molecule has 21 heavy (non-hydrogen) atoms. The summed E-state index contributed by atoms with van der Waals surface area (Å²) in [5.74, 6) is 0.668. The summed E-state index contributed by atoms with van der Waals surface area (Å²) in [7, 11) is 0. The Labute approximate surface area is 125 Å². The second-order valence-electron chi connectivity index (χ2n) is 6.56. The highest BCUT2D eigenvalue weighted by Crippen LogP contribution is 2.26. The SMILES string of the molecule is Cc1cc(=O)n(C2CCCCC2)c(=NC2CCCCC2)o1. The van der Waals surface area contributed by atoms with Crippen molar-refractivity contribution in [2.75, 3.05) is 0 Å². The molecule has 1 aromatic rings. The Morgan fingerprint density at radius 2 is 1.67 bits per heavy atom. The molecule has 0 bridgehead atoms. The Kier molecular flexibility index (Phi) is 4.61. The minimum absolute atomic E-state index is 0.0557. The molecule has 0 amide bonds. The molecule has 4 nitrogen and oxygen atoms in total. The number of hydrogen-bond acceptors (Lipinski definition) is 3. The lowest BCUT2D eigenvalue weighted by molar-refractivity contribution is 0.279. The van der Waals surface area contributed by atoms with Crippen molar-refractivity contribution in [1.29, 1.82) is 0 Å². The summed E-state index contributed by atoms with van der Waals surface area (Å²) in [6, 6.07) is 2.21. The molecule has 0 spiro atoms. The van der Waals surface area contributed by atoms with Crippen LogP contribution in [0.2, 0.25) is 0 Å². The van der Waals surface area contributed by atoms with E-state index in [1.54, 1.807) is 6.07 Å². The molecule has 2 fully saturated rings. The van der Waals surface area contributed by atoms with Crippen molar-refractivity contribution >= 4 is 0 Å². The number of hydrogen-bond donors (Lipinski definition) is 0. The van der Waals surface area contributed by atoms with Gasteiger partial charge in [0.15, 0.2) is 0 Å². The molecular formula is C17H26N2O2. The summed E-state index contributed by atoms with van der Waals surface area (Å²) in [5, 5.41) is 0. The zero-order valence-electron chi connectivity index (χ0n) is 13.0. The first-order valence-electron chi connectivity index (χ1n) is 8.51. The predicted octanol–water partition coefficient (Wildman–Crippen LogP) is 3.49. The highest BCUT2D eigenvalue weighted by molar-refractivity contribution is 4.94. The smallest absolute Gasteiger partial charge is 0.300 e. The van der Waals surface area contributed by atoms with Crippen LogP contribution in [0, 0.1) is 6.92 Å². The van der Waals surface area contributed by atoms with Gasteiger partial charge in [-0.15, -0.1) is 0 Å². The van der Waals surface area contributed by atoms with Crippen LogP contribution >= 0.6 is 0 Å². The molecule has 0 saturated heterocycles. The van der Waals surface area contributed by atoms with Gasteiger partial charge in [-0.25, -0.2) is 4.99 Å². The third-order valence-electron chi connectivity index (χ3n) is 4.83. The summed E-state index contributed by atoms with van der Waals surface area (Å²) in [5.41, 5.74) is 0.624. The Morgan fingerprint density at radius 3 is 2.33 bits per heavy atom. The van der Waals surface area contributed by atoms with Gasteiger partial charge in [0, 0.05) is 12.1 Å². The van der Waals surface area contributed by atoms with Gasteiger partial charge in [0.1, 0.15) is 5.76 Å². The van der Waals surface area contributed by atoms with Crippen molar-refractivity contribution in [3.05, 3.63) is 27.9 Å². The van der Waals surface area contributed by atoms with Gasteiger partial charge in [-0.2, -0.15) is 0 Å². The summed E-state index contributed by atoms with van der Waals surface area (Å²) < 4.78 is 7.68. The van der Waals surface area contributed by atoms with Crippen LogP contribution in [0.4, 0.5) is 0 Å². The first-order chi connectivity index (χ1) is 10.2. The first kappa shape index (κ1) is 14.6. The minimum atomic E-state index is 0.0557. The molecular weight excluding hydrogens is 264 g/mol. The van der Waals surface area contributed by atoms with Gasteiger partial charge in [0.05, 0.1) is 6.04 Å². The van der Waals surface area contributed by atoms with E-state index in [1.807, 2.05) is 11.5 Å². The number of rotatable bonds is 2. The second-order valence-corrected chi connectivity index (χ2v) is 6.56. The van der Waals surface area contributed by atoms with Gasteiger partial charge in [-0.3, -0.25) is 9.36 Å². The van der Waals surface area contributed by atoms with Crippen LogP contribution in [-0.4, -0.2) is 10.6 Å². The predicted molar refractivity (Wildman–Crippen MR) is 82.3 cm³/mol. The Balaban J connectivity index is 2.00. The maximum atomic E-state index is 12.4. The van der Waals surface area contributed by atoms with Crippen molar-refractivity contribution in [2.45, 2.75) is 83.2 Å². The lowest BCUT2D eigenvalue weighted by Gasteiger charge is -2.24. The van der Waals surface area contributed by atoms with Crippen LogP contribution in [0.5, 0.6) is 0 Å². The summed E-state index contributed by atoms with van der Waals surface area (Å²) in [6.45, 7) is 1.84. The van der Waals surface area contributed by atoms with Gasteiger partial charge >= 0.3 is 0 Å². The van der Waals surface area contributed by atoms with Crippen LogP contribution in [-0.2, 0) is 0 Å². The number of aromatic nitrogens is 1. The normalized spacial score (nSPS) is 22.6. The molecule has 4 heteroatoms. The van der Waals surface area contributed by atoms with Crippen LogP contribution < -0.4 is 11.2 Å². The molecule has 0 aromatic carbocycles. The topological polar surface area (TPSA) is 47.5 Å². The molecule has 0 radical (unpaired) electrons. The lowest BCUT2D eigenvalue weighted by Crippen LogP contribution is -2.38. The average Bonchev–Trinajstić information content (AvgIpc) is 2.48. The van der Waals surface area contributed by atoms with E-state index in [-0.39, 0.29) is 11.6 Å². The van der Waals surface area contributed by atoms with Gasteiger partial charge in [-0.05, 0) is 32.6 Å². The van der Waals surface area contributed by atoms with E-state index < -0.39 is 0 Å². The van der Waals surface area contributed by atoms with E-state index in [1.165, 1.54) is 38.5 Å². The summed E-state index contributed by atoms with van der Waals surface area (Å²) in [4.78, 5) is 17.3. The van der Waals surface area contributed by atoms with Crippen molar-refractivity contribution in [3.63, 3.8) is 0 Å². The summed E-state index contributed by atoms with van der Waals surface area (Å²) in [6.07, 6.45) is 11.9. The van der Waals surface area contributed by atoms with E-state index in [0.717, 1.165) is 25.7 Å². The molecule has 2 aliphatic carbocycles. The molecule has 3 rings (SSSR count). The molecule has 2 aliphatic rings. The molecule has 0 aliphatic heterocycles. The van der Waals surface area contributed by atoms with Crippen LogP contribution in [0.25, 0.3) is 0 Å². The number of aryl methyl sites for hydroxylation is 1. The zero-order valence-corrected chi connectivity index (χ0v) is 13.0. The van der Waals surface area contributed by atoms with Crippen molar-refractivity contribution in [1.82, 2.24) is 4.57 Å². The van der Waals surface area contributed by atoms with Crippen molar-refractivity contribution < 1.29 is 4.42 Å². The standard InChI is InChI=1S/C17H26N2O2/c1-13-12-16(20)19(15-10-6-3-7-11-15)17(21-13)18-14-8-4-2-5-9-14/h12,14-15H,2-11H2,1H3. The Hall–Kier alpha value is -1.32. The maximum Gasteiger partial charge on any atom is 0.300 e. The van der Waals surface area contributed by atoms with Crippen LogP contribution in [0.15, 0.2) is 20.3 Å². The fourth-order valence-electron chi connectivity index (χ4n) is 3.69. The molecule has 116 valence electrons. The minimum Gasteiger partial charge on any atom is -0.430 e. The fourth-order valence-corrected chi connectivity index (χ4v) is 3.69. The summed E-state index contributed by atoms with van der Waals surface area (Å²) >= 11 is 0. The van der Waals surface area contributed by atoms with E-state index in [9.17, 15) is 4.79 Å². The first-order valence-corrected chi connectivity index (χ1v) is 8.51. The maximum absolute atomic E-state index is 12.4. The molecule has 0 unspecified atom stereocenters. The van der Waals surface area contributed by atoms with Crippen LogP contribution in [0.3, 0.4) is 0 Å². The third-order valence-corrected chi connectivity index (χ3v) is 4.83. The molecule has 2 saturated carbocycles. The van der Waals surface area contributed by atoms with E-state index in [0.29, 0.717) is 17.5 Å². The third kappa shape index (κ3) is 3.47. The quantitative estimate of drug-likeness (QED) is 0.837. The fraction of sp³-hybridized carbons (Fsp3) is 0.765. The Morgan fingerprint density at radius 1 is 1.05 bits per heavy atom. The molecule has 0 N–H and O–H groups in total. The highest BCUT2D eigenvalue weighted by Gasteiger charge is 2.20. The molecule has 1 heterocycles. The van der Waals surface area contributed by atoms with Gasteiger partial charge in [0.25, 0.3) is 11.2 Å². The van der Waals surface area contributed by atoms with E-state index >= 15 is 0 Å². The largest absolute Gasteiger partial charge is 0.430 e. The monoisotopic (exact) mass is 290 g/mol. The number of nitrogens with zero attached hydrogens (tertiary/aromatic N) is 2. The van der Waals surface area contributed by atoms with E-state index in [4.69, 9.17) is 9.41 Å². The zero-order chi connectivity index (χ0) is 14.7. The van der Waals surface area contributed by atoms with Gasteiger partial charge in [-0.1, -0.05) is 38.5 Å². The average molecular weight is 290 g/mol. The van der Waals surface area contributed by atoms with Crippen molar-refractivity contribution in [3.8, 4) is 0 Å². The highest BCUT2D eigenvalue weighted by atomic mass is 16.3. The molecule has 1 aromatic heterocycles. The van der Waals surface area contributed by atoms with E-state index in [2.05, 4.69) is 0 Å². The second kappa shape index (κ2) is 6.63. The van der Waals surface area contributed by atoms with Crippen molar-refractivity contribution in [2.24, 2.45) is 4.99 Å². The lowest BCUT2D eigenvalue weighted by atomic mass is 9.95. The van der Waals surface area contributed by atoms with Gasteiger partial charge in [0.2, 0.25) is 0 Å². The molecule has 0 atom stereocenters. The van der Waals surface area contributed by atoms with Gasteiger partial charge < -0.3 is 4.42 Å².